The second-order valence-electron chi connectivity index (χ2n) is 3.92. The number of nitrogen functional groups attached to an aromatic ring is 1. The number of nitrogens with zero attached hydrogens (tertiary/aromatic N) is 2. The Morgan fingerprint density at radius 1 is 1.10 bits per heavy atom. The molecule has 2 rings (SSSR count). The molecule has 0 amide bonds. The minimum atomic E-state index is 0.542. The summed E-state index contributed by atoms with van der Waals surface area (Å²) in [7, 11) is 1.61. The maximum atomic E-state index is 5.37. The zero-order valence-corrected chi connectivity index (χ0v) is 14.0. The lowest BCUT2D eigenvalue weighted by atomic mass is 10.3. The Hall–Kier alpha value is -1.38. The molecule has 0 atom stereocenters. The van der Waals surface area contributed by atoms with Crippen LogP contribution in [0.1, 0.15) is 5.82 Å². The van der Waals surface area contributed by atoms with Crippen molar-refractivity contribution < 1.29 is 4.74 Å². The van der Waals surface area contributed by atoms with E-state index in [-0.39, 0.29) is 0 Å². The van der Waals surface area contributed by atoms with Crippen molar-refractivity contribution in [1.29, 1.82) is 0 Å². The highest BCUT2D eigenvalue weighted by molar-refractivity contribution is 9.11. The molecule has 1 aromatic carbocycles. The third-order valence-electron chi connectivity index (χ3n) is 2.49. The number of ether oxygens (including phenoxy) is 1. The first-order valence-electron chi connectivity index (χ1n) is 5.66. The number of hydrogen-bond acceptors (Lipinski definition) is 6. The second kappa shape index (κ2) is 6.38. The molecule has 20 heavy (non-hydrogen) atoms. The van der Waals surface area contributed by atoms with Gasteiger partial charge in [-0.25, -0.2) is 15.8 Å². The Morgan fingerprint density at radius 2 is 1.80 bits per heavy atom. The molecule has 2 aromatic rings. The van der Waals surface area contributed by atoms with Crippen LogP contribution in [-0.2, 0) is 0 Å². The van der Waals surface area contributed by atoms with Crippen molar-refractivity contribution >= 4 is 49.2 Å². The lowest BCUT2D eigenvalue weighted by Crippen LogP contribution is -2.10. The molecule has 0 bridgehead atoms. The molecule has 1 aromatic heterocycles. The van der Waals surface area contributed by atoms with Gasteiger partial charge in [0, 0.05) is 16.6 Å². The molecule has 1 heterocycles. The van der Waals surface area contributed by atoms with Crippen LogP contribution in [0.4, 0.5) is 17.3 Å². The van der Waals surface area contributed by atoms with E-state index in [0.717, 1.165) is 20.4 Å². The topological polar surface area (TPSA) is 85.1 Å². The van der Waals surface area contributed by atoms with Gasteiger partial charge in [-0.2, -0.15) is 0 Å². The number of nitrogens with one attached hydrogen (secondary N) is 2. The molecular weight excluding hydrogens is 390 g/mol. The van der Waals surface area contributed by atoms with Crippen molar-refractivity contribution in [3.8, 4) is 5.75 Å². The number of methoxy groups -OCH3 is 1. The Labute approximate surface area is 133 Å². The first kappa shape index (κ1) is 15.0. The van der Waals surface area contributed by atoms with Crippen LogP contribution in [0.5, 0.6) is 5.75 Å². The summed E-state index contributed by atoms with van der Waals surface area (Å²) in [5, 5.41) is 3.20. The average molecular weight is 403 g/mol. The van der Waals surface area contributed by atoms with Crippen molar-refractivity contribution in [2.24, 2.45) is 5.84 Å². The standard InChI is InChI=1S/C12H13Br2N5O/c1-6-16-11(5-12(17-6)19-15)18-9-4-10(20-2)8(14)3-7(9)13/h3-5H,15H2,1-2H3,(H2,16,17,18,19). The van der Waals surface area contributed by atoms with Crippen molar-refractivity contribution in [2.75, 3.05) is 17.9 Å². The first-order chi connectivity index (χ1) is 9.53. The van der Waals surface area contributed by atoms with Crippen LogP contribution in [0, 0.1) is 6.92 Å². The largest absolute Gasteiger partial charge is 0.495 e. The zero-order valence-electron chi connectivity index (χ0n) is 10.9. The van der Waals surface area contributed by atoms with Gasteiger partial charge in [0.15, 0.2) is 0 Å². The van der Waals surface area contributed by atoms with Crippen molar-refractivity contribution in [2.45, 2.75) is 6.92 Å². The van der Waals surface area contributed by atoms with Gasteiger partial charge < -0.3 is 15.5 Å². The fourth-order valence-electron chi connectivity index (χ4n) is 1.62. The molecule has 0 aliphatic carbocycles. The lowest BCUT2D eigenvalue weighted by molar-refractivity contribution is 0.412. The molecule has 0 aliphatic rings. The summed E-state index contributed by atoms with van der Waals surface area (Å²) in [6.07, 6.45) is 0. The normalized spacial score (nSPS) is 10.2. The minimum absolute atomic E-state index is 0.542. The van der Waals surface area contributed by atoms with Gasteiger partial charge in [0.2, 0.25) is 0 Å². The summed E-state index contributed by atoms with van der Waals surface area (Å²) >= 11 is 6.92. The van der Waals surface area contributed by atoms with Crippen LogP contribution < -0.4 is 21.3 Å². The molecular formula is C12H13Br2N5O. The fraction of sp³-hybridized carbons (Fsp3) is 0.167. The van der Waals surface area contributed by atoms with E-state index in [1.807, 2.05) is 12.1 Å². The number of hydrogen-bond donors (Lipinski definition) is 3. The van der Waals surface area contributed by atoms with E-state index in [1.54, 1.807) is 20.1 Å². The van der Waals surface area contributed by atoms with Crippen LogP contribution in [0.25, 0.3) is 0 Å². The molecule has 0 spiro atoms. The van der Waals surface area contributed by atoms with Gasteiger partial charge in [-0.1, -0.05) is 0 Å². The summed E-state index contributed by atoms with van der Waals surface area (Å²) in [5.41, 5.74) is 3.33. The number of aromatic nitrogens is 2. The summed E-state index contributed by atoms with van der Waals surface area (Å²) in [6, 6.07) is 5.48. The maximum absolute atomic E-state index is 5.37. The molecule has 0 radical (unpaired) electrons. The van der Waals surface area contributed by atoms with Crippen LogP contribution in [0.2, 0.25) is 0 Å². The molecule has 0 fully saturated rings. The quantitative estimate of drug-likeness (QED) is 0.537. The smallest absolute Gasteiger partial charge is 0.145 e. The summed E-state index contributed by atoms with van der Waals surface area (Å²) < 4.78 is 7.01. The summed E-state index contributed by atoms with van der Waals surface area (Å²) in [4.78, 5) is 8.44. The van der Waals surface area contributed by atoms with Crippen LogP contribution in [-0.4, -0.2) is 17.1 Å². The van der Waals surface area contributed by atoms with E-state index in [9.17, 15) is 0 Å². The lowest BCUT2D eigenvalue weighted by Gasteiger charge is -2.12. The number of nitrogens with two attached hydrogens (primary N) is 1. The molecule has 0 unspecified atom stereocenters. The van der Waals surface area contributed by atoms with Crippen LogP contribution in [0.3, 0.4) is 0 Å². The van der Waals surface area contributed by atoms with Crippen molar-refractivity contribution in [1.82, 2.24) is 9.97 Å². The predicted octanol–water partition coefficient (Wildman–Crippen LogP) is 3.35. The highest BCUT2D eigenvalue weighted by Crippen LogP contribution is 2.35. The Morgan fingerprint density at radius 3 is 2.45 bits per heavy atom. The number of aryl methyl sites for hydroxylation is 1. The summed E-state index contributed by atoms with van der Waals surface area (Å²) in [5.74, 6) is 7.88. The number of rotatable bonds is 4. The Kier molecular flexibility index (Phi) is 4.79. The van der Waals surface area contributed by atoms with Gasteiger partial charge >= 0.3 is 0 Å². The highest BCUT2D eigenvalue weighted by Gasteiger charge is 2.09. The minimum Gasteiger partial charge on any atom is -0.495 e. The van der Waals surface area contributed by atoms with Gasteiger partial charge in [-0.15, -0.1) is 0 Å². The molecule has 0 saturated heterocycles. The third kappa shape index (κ3) is 3.38. The Balaban J connectivity index is 2.36. The number of hydrazine groups is 1. The van der Waals surface area contributed by atoms with Gasteiger partial charge in [-0.05, 0) is 44.8 Å². The van der Waals surface area contributed by atoms with E-state index in [1.165, 1.54) is 0 Å². The maximum Gasteiger partial charge on any atom is 0.145 e. The Bertz CT molecular complexity index is 635. The monoisotopic (exact) mass is 401 g/mol. The van der Waals surface area contributed by atoms with E-state index < -0.39 is 0 Å². The molecule has 0 aliphatic heterocycles. The average Bonchev–Trinajstić information content (AvgIpc) is 2.41. The fourth-order valence-corrected chi connectivity index (χ4v) is 2.88. The van der Waals surface area contributed by atoms with Crippen molar-refractivity contribution in [3.05, 3.63) is 33.0 Å². The van der Waals surface area contributed by atoms with E-state index in [0.29, 0.717) is 17.5 Å². The van der Waals surface area contributed by atoms with Crippen molar-refractivity contribution in [3.63, 3.8) is 0 Å². The van der Waals surface area contributed by atoms with Gasteiger partial charge in [0.05, 0.1) is 17.3 Å². The zero-order chi connectivity index (χ0) is 14.7. The SMILES string of the molecule is COc1cc(Nc2cc(NN)nc(C)n2)c(Br)cc1Br. The van der Waals surface area contributed by atoms with Crippen LogP contribution in [0.15, 0.2) is 27.1 Å². The number of halogens is 2. The van der Waals surface area contributed by atoms with E-state index in [4.69, 9.17) is 10.6 Å². The predicted molar refractivity (Wildman–Crippen MR) is 86.3 cm³/mol. The molecule has 6 nitrogen and oxygen atoms in total. The van der Waals surface area contributed by atoms with Crippen LogP contribution >= 0.6 is 31.9 Å². The summed E-state index contributed by atoms with van der Waals surface area (Å²) in [6.45, 7) is 1.79. The highest BCUT2D eigenvalue weighted by atomic mass is 79.9. The molecule has 8 heteroatoms. The number of benzene rings is 1. The number of anilines is 3. The third-order valence-corrected chi connectivity index (χ3v) is 3.77. The molecule has 0 saturated carbocycles. The van der Waals surface area contributed by atoms with Gasteiger partial charge in [-0.3, -0.25) is 0 Å². The van der Waals surface area contributed by atoms with Gasteiger partial charge in [0.25, 0.3) is 0 Å². The first-order valence-corrected chi connectivity index (χ1v) is 7.24. The second-order valence-corrected chi connectivity index (χ2v) is 5.63. The molecule has 4 N–H and O–H groups in total. The van der Waals surface area contributed by atoms with E-state index >= 15 is 0 Å². The van der Waals surface area contributed by atoms with E-state index in [2.05, 4.69) is 52.6 Å². The molecule has 106 valence electrons. The van der Waals surface area contributed by atoms with Gasteiger partial charge in [0.1, 0.15) is 23.2 Å².